The van der Waals surface area contributed by atoms with Gasteiger partial charge in [0.05, 0.1) is 4.92 Å². The minimum Gasteiger partial charge on any atom is -0.371 e. The van der Waals surface area contributed by atoms with Crippen LogP contribution in [0.1, 0.15) is 5.01 Å². The molecule has 1 N–H and O–H groups in total. The standard InChI is InChI=1S/C8H8N4O2S2/c13-12(14)6-2-4-15-8(6)9-3-1-7-11-10-5-16-7/h2,4-5,9H,1,3H2. The summed E-state index contributed by atoms with van der Waals surface area (Å²) < 4.78 is 0. The Hall–Kier alpha value is -1.54. The molecule has 8 heteroatoms. The van der Waals surface area contributed by atoms with Gasteiger partial charge in [0.25, 0.3) is 0 Å². The van der Waals surface area contributed by atoms with Gasteiger partial charge in [-0.2, -0.15) is 0 Å². The first kappa shape index (κ1) is 11.0. The summed E-state index contributed by atoms with van der Waals surface area (Å²) in [4.78, 5) is 10.2. The first-order valence-corrected chi connectivity index (χ1v) is 6.24. The van der Waals surface area contributed by atoms with Gasteiger partial charge in [0, 0.05) is 19.0 Å². The Labute approximate surface area is 99.1 Å². The van der Waals surface area contributed by atoms with Crippen molar-refractivity contribution >= 4 is 33.4 Å². The van der Waals surface area contributed by atoms with Gasteiger partial charge in [-0.1, -0.05) is 0 Å². The van der Waals surface area contributed by atoms with Crippen LogP contribution in [0.5, 0.6) is 0 Å². The second kappa shape index (κ2) is 4.99. The molecule has 16 heavy (non-hydrogen) atoms. The van der Waals surface area contributed by atoms with E-state index in [1.807, 2.05) is 0 Å². The number of thiophene rings is 1. The van der Waals surface area contributed by atoms with Crippen LogP contribution in [0.15, 0.2) is 17.0 Å². The largest absolute Gasteiger partial charge is 0.371 e. The molecule has 0 aliphatic carbocycles. The molecule has 0 bridgehead atoms. The molecule has 0 saturated heterocycles. The van der Waals surface area contributed by atoms with Crippen LogP contribution in [0, 0.1) is 10.1 Å². The van der Waals surface area contributed by atoms with Crippen LogP contribution in [0.3, 0.4) is 0 Å². The Balaban J connectivity index is 1.90. The monoisotopic (exact) mass is 256 g/mol. The minimum absolute atomic E-state index is 0.127. The molecule has 0 aromatic carbocycles. The molecule has 0 spiro atoms. The third-order valence-electron chi connectivity index (χ3n) is 1.87. The van der Waals surface area contributed by atoms with Gasteiger partial charge in [-0.25, -0.2) is 0 Å². The lowest BCUT2D eigenvalue weighted by Gasteiger charge is -2.00. The summed E-state index contributed by atoms with van der Waals surface area (Å²) in [5.74, 6) is 0. The van der Waals surface area contributed by atoms with Crippen molar-refractivity contribution in [1.82, 2.24) is 10.2 Å². The number of anilines is 1. The van der Waals surface area contributed by atoms with E-state index in [4.69, 9.17) is 0 Å². The summed E-state index contributed by atoms with van der Waals surface area (Å²) >= 11 is 2.81. The molecular weight excluding hydrogens is 248 g/mol. The second-order valence-electron chi connectivity index (χ2n) is 2.90. The molecule has 2 rings (SSSR count). The van der Waals surface area contributed by atoms with Crippen molar-refractivity contribution in [3.05, 3.63) is 32.1 Å². The molecule has 6 nitrogen and oxygen atoms in total. The Morgan fingerprint density at radius 2 is 2.38 bits per heavy atom. The van der Waals surface area contributed by atoms with E-state index in [9.17, 15) is 10.1 Å². The molecule has 0 aliphatic rings. The normalized spacial score (nSPS) is 10.2. The maximum absolute atomic E-state index is 10.6. The summed E-state index contributed by atoms with van der Waals surface area (Å²) in [5.41, 5.74) is 1.80. The fourth-order valence-electron chi connectivity index (χ4n) is 1.17. The lowest BCUT2D eigenvalue weighted by atomic mass is 10.4. The molecular formula is C8H8N4O2S2. The van der Waals surface area contributed by atoms with Gasteiger partial charge >= 0.3 is 5.69 Å². The average molecular weight is 256 g/mol. The van der Waals surface area contributed by atoms with Crippen LogP contribution in [0.4, 0.5) is 10.7 Å². The summed E-state index contributed by atoms with van der Waals surface area (Å²) in [6, 6.07) is 1.50. The van der Waals surface area contributed by atoms with Crippen molar-refractivity contribution in [2.45, 2.75) is 6.42 Å². The maximum Gasteiger partial charge on any atom is 0.303 e. The van der Waals surface area contributed by atoms with Gasteiger partial charge < -0.3 is 5.32 Å². The SMILES string of the molecule is O=[N+]([O-])c1ccsc1NCCc1nncs1. The zero-order chi connectivity index (χ0) is 11.4. The number of rotatable bonds is 5. The predicted octanol–water partition coefficient (Wildman–Crippen LogP) is 2.16. The molecule has 0 fully saturated rings. The predicted molar refractivity (Wildman–Crippen MR) is 63.1 cm³/mol. The smallest absolute Gasteiger partial charge is 0.303 e. The third-order valence-corrected chi connectivity index (χ3v) is 3.49. The van der Waals surface area contributed by atoms with Crippen LogP contribution in [0.25, 0.3) is 0 Å². The Kier molecular flexibility index (Phi) is 3.42. The van der Waals surface area contributed by atoms with Gasteiger partial charge in [0.1, 0.15) is 10.5 Å². The van der Waals surface area contributed by atoms with Crippen LogP contribution >= 0.6 is 22.7 Å². The van der Waals surface area contributed by atoms with Gasteiger partial charge in [-0.3, -0.25) is 10.1 Å². The van der Waals surface area contributed by atoms with E-state index in [0.29, 0.717) is 11.5 Å². The first-order valence-electron chi connectivity index (χ1n) is 4.48. The van der Waals surface area contributed by atoms with E-state index in [2.05, 4.69) is 15.5 Å². The minimum atomic E-state index is -0.385. The second-order valence-corrected chi connectivity index (χ2v) is 4.74. The van der Waals surface area contributed by atoms with E-state index in [-0.39, 0.29) is 10.6 Å². The molecule has 2 heterocycles. The molecule has 0 atom stereocenters. The fraction of sp³-hybridized carbons (Fsp3) is 0.250. The molecule has 2 aromatic heterocycles. The van der Waals surface area contributed by atoms with Crippen LogP contribution in [-0.2, 0) is 6.42 Å². The molecule has 0 radical (unpaired) electrons. The van der Waals surface area contributed by atoms with Crippen LogP contribution in [-0.4, -0.2) is 21.7 Å². The lowest BCUT2D eigenvalue weighted by molar-refractivity contribution is -0.383. The van der Waals surface area contributed by atoms with Crippen molar-refractivity contribution < 1.29 is 4.92 Å². The Bertz CT molecular complexity index is 468. The number of hydrogen-bond acceptors (Lipinski definition) is 7. The van der Waals surface area contributed by atoms with Crippen molar-refractivity contribution in [2.75, 3.05) is 11.9 Å². The van der Waals surface area contributed by atoms with E-state index in [0.717, 1.165) is 11.4 Å². The lowest BCUT2D eigenvalue weighted by Crippen LogP contribution is -2.04. The molecule has 0 aliphatic heterocycles. The van der Waals surface area contributed by atoms with E-state index in [1.54, 1.807) is 10.9 Å². The number of nitrogens with zero attached hydrogens (tertiary/aromatic N) is 3. The Morgan fingerprint density at radius 1 is 1.50 bits per heavy atom. The summed E-state index contributed by atoms with van der Waals surface area (Å²) in [5, 5.41) is 24.5. The van der Waals surface area contributed by atoms with E-state index < -0.39 is 0 Å². The summed E-state index contributed by atoms with van der Waals surface area (Å²) in [7, 11) is 0. The number of nitrogens with one attached hydrogen (secondary N) is 1. The number of aromatic nitrogens is 2. The quantitative estimate of drug-likeness (QED) is 0.655. The summed E-state index contributed by atoms with van der Waals surface area (Å²) in [6.07, 6.45) is 0.722. The highest BCUT2D eigenvalue weighted by atomic mass is 32.1. The van der Waals surface area contributed by atoms with E-state index in [1.165, 1.54) is 28.7 Å². The molecule has 2 aromatic rings. The summed E-state index contributed by atoms with van der Waals surface area (Å²) in [6.45, 7) is 0.622. The molecule has 0 amide bonds. The highest BCUT2D eigenvalue weighted by Crippen LogP contribution is 2.30. The Morgan fingerprint density at radius 3 is 3.06 bits per heavy atom. The first-order chi connectivity index (χ1) is 7.77. The average Bonchev–Trinajstić information content (AvgIpc) is 2.87. The number of nitro groups is 1. The van der Waals surface area contributed by atoms with E-state index >= 15 is 0 Å². The van der Waals surface area contributed by atoms with Crippen molar-refractivity contribution in [2.24, 2.45) is 0 Å². The van der Waals surface area contributed by atoms with Gasteiger partial charge in [0.2, 0.25) is 0 Å². The van der Waals surface area contributed by atoms with Gasteiger partial charge in [-0.15, -0.1) is 32.9 Å². The highest BCUT2D eigenvalue weighted by Gasteiger charge is 2.14. The van der Waals surface area contributed by atoms with Gasteiger partial charge in [-0.05, 0) is 5.38 Å². The molecule has 0 saturated carbocycles. The highest BCUT2D eigenvalue weighted by molar-refractivity contribution is 7.14. The zero-order valence-corrected chi connectivity index (χ0v) is 9.75. The molecule has 84 valence electrons. The van der Waals surface area contributed by atoms with Crippen molar-refractivity contribution in [3.8, 4) is 0 Å². The molecule has 0 unspecified atom stereocenters. The van der Waals surface area contributed by atoms with Crippen molar-refractivity contribution in [1.29, 1.82) is 0 Å². The van der Waals surface area contributed by atoms with Crippen LogP contribution in [0.2, 0.25) is 0 Å². The maximum atomic E-state index is 10.6. The van der Waals surface area contributed by atoms with Crippen molar-refractivity contribution in [3.63, 3.8) is 0 Å². The van der Waals surface area contributed by atoms with Gasteiger partial charge in [0.15, 0.2) is 5.00 Å². The number of hydrogen-bond donors (Lipinski definition) is 1. The topological polar surface area (TPSA) is 81.0 Å². The van der Waals surface area contributed by atoms with Crippen LogP contribution < -0.4 is 5.32 Å². The fourth-order valence-corrected chi connectivity index (χ4v) is 2.48. The zero-order valence-electron chi connectivity index (χ0n) is 8.12. The third kappa shape index (κ3) is 2.52.